The molecule has 1 rings (SSSR count). The average molecular weight is 278 g/mol. The van der Waals surface area contributed by atoms with Gasteiger partial charge < -0.3 is 15.8 Å². The SMILES string of the molecule is COCC(N)C(=O)NCCc1ccc(C(C)(C)C)cc1. The zero-order valence-electron chi connectivity index (χ0n) is 12.9. The Morgan fingerprint density at radius 3 is 2.40 bits per heavy atom. The minimum absolute atomic E-state index is 0.166. The van der Waals surface area contributed by atoms with Gasteiger partial charge in [0.2, 0.25) is 5.91 Å². The van der Waals surface area contributed by atoms with Crippen LogP contribution in [0.25, 0.3) is 0 Å². The van der Waals surface area contributed by atoms with Crippen molar-refractivity contribution in [3.8, 4) is 0 Å². The van der Waals surface area contributed by atoms with Crippen LogP contribution in [0, 0.1) is 0 Å². The highest BCUT2D eigenvalue weighted by Gasteiger charge is 2.13. The number of methoxy groups -OCH3 is 1. The maximum atomic E-state index is 11.6. The Labute approximate surface area is 121 Å². The third kappa shape index (κ3) is 5.31. The van der Waals surface area contributed by atoms with E-state index in [1.54, 1.807) is 0 Å². The third-order valence-corrected chi connectivity index (χ3v) is 3.22. The van der Waals surface area contributed by atoms with Gasteiger partial charge in [0.1, 0.15) is 6.04 Å². The van der Waals surface area contributed by atoms with E-state index in [9.17, 15) is 4.79 Å². The molecule has 3 N–H and O–H groups in total. The van der Waals surface area contributed by atoms with Crippen molar-refractivity contribution in [3.05, 3.63) is 35.4 Å². The summed E-state index contributed by atoms with van der Waals surface area (Å²) in [6, 6.07) is 7.92. The van der Waals surface area contributed by atoms with E-state index in [4.69, 9.17) is 10.5 Å². The van der Waals surface area contributed by atoms with Gasteiger partial charge in [-0.05, 0) is 23.0 Å². The maximum Gasteiger partial charge on any atom is 0.239 e. The van der Waals surface area contributed by atoms with Gasteiger partial charge in [-0.3, -0.25) is 4.79 Å². The Kier molecular flexibility index (Phi) is 6.17. The van der Waals surface area contributed by atoms with Crippen LogP contribution in [0.4, 0.5) is 0 Å². The summed E-state index contributed by atoms with van der Waals surface area (Å²) in [4.78, 5) is 11.6. The van der Waals surface area contributed by atoms with Gasteiger partial charge in [-0.15, -0.1) is 0 Å². The molecule has 0 saturated carbocycles. The summed E-state index contributed by atoms with van der Waals surface area (Å²) in [6.45, 7) is 7.41. The van der Waals surface area contributed by atoms with E-state index in [1.165, 1.54) is 18.2 Å². The summed E-state index contributed by atoms with van der Waals surface area (Å²) in [6.07, 6.45) is 0.801. The van der Waals surface area contributed by atoms with Gasteiger partial charge in [-0.25, -0.2) is 0 Å². The predicted molar refractivity (Wildman–Crippen MR) is 81.7 cm³/mol. The number of rotatable bonds is 6. The fraction of sp³-hybridized carbons (Fsp3) is 0.562. The van der Waals surface area contributed by atoms with Crippen LogP contribution in [0.3, 0.4) is 0 Å². The molecule has 0 heterocycles. The summed E-state index contributed by atoms with van der Waals surface area (Å²) >= 11 is 0. The number of nitrogens with two attached hydrogens (primary N) is 1. The van der Waals surface area contributed by atoms with Gasteiger partial charge in [-0.1, -0.05) is 45.0 Å². The Bertz CT molecular complexity index is 421. The van der Waals surface area contributed by atoms with Crippen LogP contribution in [0.5, 0.6) is 0 Å². The Hall–Kier alpha value is -1.39. The number of ether oxygens (including phenoxy) is 1. The summed E-state index contributed by atoms with van der Waals surface area (Å²) in [5.74, 6) is -0.168. The minimum atomic E-state index is -0.594. The molecule has 0 saturated heterocycles. The average Bonchev–Trinajstić information content (AvgIpc) is 2.38. The second-order valence-corrected chi connectivity index (χ2v) is 6.05. The second kappa shape index (κ2) is 7.41. The van der Waals surface area contributed by atoms with E-state index in [1.807, 2.05) is 0 Å². The van der Waals surface area contributed by atoms with Gasteiger partial charge in [0.05, 0.1) is 6.61 Å². The Morgan fingerprint density at radius 2 is 1.90 bits per heavy atom. The van der Waals surface area contributed by atoms with Gasteiger partial charge in [0.25, 0.3) is 0 Å². The number of nitrogens with one attached hydrogen (secondary N) is 1. The molecule has 0 fully saturated rings. The molecule has 0 spiro atoms. The lowest BCUT2D eigenvalue weighted by atomic mass is 9.86. The topological polar surface area (TPSA) is 64.3 Å². The number of hydrogen-bond acceptors (Lipinski definition) is 3. The number of hydrogen-bond donors (Lipinski definition) is 2. The van der Waals surface area contributed by atoms with Gasteiger partial charge >= 0.3 is 0 Å². The van der Waals surface area contributed by atoms with Gasteiger partial charge in [0, 0.05) is 13.7 Å². The molecule has 0 aromatic heterocycles. The summed E-state index contributed by atoms with van der Waals surface area (Å²) in [7, 11) is 1.53. The number of carbonyl (C=O) groups is 1. The van der Waals surface area contributed by atoms with Crippen molar-refractivity contribution in [3.63, 3.8) is 0 Å². The van der Waals surface area contributed by atoms with Crippen molar-refractivity contribution in [2.45, 2.75) is 38.6 Å². The molecule has 1 amide bonds. The van der Waals surface area contributed by atoms with Crippen LogP contribution in [0.1, 0.15) is 31.9 Å². The van der Waals surface area contributed by atoms with E-state index in [0.29, 0.717) is 6.54 Å². The van der Waals surface area contributed by atoms with E-state index in [0.717, 1.165) is 6.42 Å². The molecule has 4 nitrogen and oxygen atoms in total. The molecule has 1 unspecified atom stereocenters. The molecule has 112 valence electrons. The van der Waals surface area contributed by atoms with Crippen molar-refractivity contribution < 1.29 is 9.53 Å². The van der Waals surface area contributed by atoms with Crippen molar-refractivity contribution in [1.82, 2.24) is 5.32 Å². The van der Waals surface area contributed by atoms with Crippen LogP contribution in [-0.4, -0.2) is 32.2 Å². The first-order chi connectivity index (χ1) is 9.34. The lowest BCUT2D eigenvalue weighted by Gasteiger charge is -2.19. The van der Waals surface area contributed by atoms with Crippen LogP contribution >= 0.6 is 0 Å². The van der Waals surface area contributed by atoms with Crippen LogP contribution < -0.4 is 11.1 Å². The molecule has 20 heavy (non-hydrogen) atoms. The minimum Gasteiger partial charge on any atom is -0.383 e. The zero-order valence-corrected chi connectivity index (χ0v) is 12.9. The summed E-state index contributed by atoms with van der Waals surface area (Å²) in [5.41, 5.74) is 8.32. The van der Waals surface area contributed by atoms with E-state index < -0.39 is 6.04 Å². The maximum absolute atomic E-state index is 11.6. The number of benzene rings is 1. The van der Waals surface area contributed by atoms with E-state index in [-0.39, 0.29) is 17.9 Å². The molecule has 1 aromatic carbocycles. The molecule has 0 aliphatic heterocycles. The van der Waals surface area contributed by atoms with Crippen molar-refractivity contribution in [1.29, 1.82) is 0 Å². The van der Waals surface area contributed by atoms with Gasteiger partial charge in [-0.2, -0.15) is 0 Å². The number of carbonyl (C=O) groups excluding carboxylic acids is 1. The van der Waals surface area contributed by atoms with Crippen LogP contribution in [-0.2, 0) is 21.4 Å². The molecular weight excluding hydrogens is 252 g/mol. The van der Waals surface area contributed by atoms with Crippen LogP contribution in [0.15, 0.2) is 24.3 Å². The van der Waals surface area contributed by atoms with Crippen molar-refractivity contribution in [2.75, 3.05) is 20.3 Å². The van der Waals surface area contributed by atoms with Crippen molar-refractivity contribution >= 4 is 5.91 Å². The normalized spacial score (nSPS) is 13.1. The van der Waals surface area contributed by atoms with E-state index >= 15 is 0 Å². The smallest absolute Gasteiger partial charge is 0.239 e. The second-order valence-electron chi connectivity index (χ2n) is 6.05. The fourth-order valence-corrected chi connectivity index (χ4v) is 1.89. The molecule has 1 aromatic rings. The van der Waals surface area contributed by atoms with Crippen molar-refractivity contribution in [2.24, 2.45) is 5.73 Å². The lowest BCUT2D eigenvalue weighted by molar-refractivity contribution is -0.123. The van der Waals surface area contributed by atoms with E-state index in [2.05, 4.69) is 50.4 Å². The summed E-state index contributed by atoms with van der Waals surface area (Å²) in [5, 5.41) is 2.82. The monoisotopic (exact) mass is 278 g/mol. The van der Waals surface area contributed by atoms with Gasteiger partial charge in [0.15, 0.2) is 0 Å². The first-order valence-electron chi connectivity index (χ1n) is 6.96. The third-order valence-electron chi connectivity index (χ3n) is 3.22. The number of amides is 1. The fourth-order valence-electron chi connectivity index (χ4n) is 1.89. The zero-order chi connectivity index (χ0) is 15.2. The molecule has 0 radical (unpaired) electrons. The highest BCUT2D eigenvalue weighted by molar-refractivity contribution is 5.81. The lowest BCUT2D eigenvalue weighted by Crippen LogP contribution is -2.44. The quantitative estimate of drug-likeness (QED) is 0.831. The first-order valence-corrected chi connectivity index (χ1v) is 6.96. The molecule has 1 atom stereocenters. The highest BCUT2D eigenvalue weighted by Crippen LogP contribution is 2.22. The Morgan fingerprint density at radius 1 is 1.30 bits per heavy atom. The molecule has 4 heteroatoms. The Balaban J connectivity index is 2.41. The largest absolute Gasteiger partial charge is 0.383 e. The molecular formula is C16H26N2O2. The molecule has 0 aliphatic carbocycles. The predicted octanol–water partition coefficient (Wildman–Crippen LogP) is 1.62. The standard InChI is InChI=1S/C16H26N2O2/c1-16(2,3)13-7-5-12(6-8-13)9-10-18-15(19)14(17)11-20-4/h5-8,14H,9-11,17H2,1-4H3,(H,18,19). The molecule has 0 bridgehead atoms. The summed E-state index contributed by atoms with van der Waals surface area (Å²) < 4.78 is 4.85. The molecule has 0 aliphatic rings. The van der Waals surface area contributed by atoms with Crippen LogP contribution in [0.2, 0.25) is 0 Å². The highest BCUT2D eigenvalue weighted by atomic mass is 16.5. The first kappa shape index (κ1) is 16.7.